The first kappa shape index (κ1) is 46.8. The molecule has 0 radical (unpaired) electrons. The third-order valence-electron chi connectivity index (χ3n) is 12.7. The molecule has 5 aromatic carbocycles. The van der Waals surface area contributed by atoms with Gasteiger partial charge in [-0.3, -0.25) is 0 Å². The van der Waals surface area contributed by atoms with Crippen molar-refractivity contribution < 1.29 is 62.2 Å². The maximum atomic E-state index is 15.9. The fourth-order valence-corrected chi connectivity index (χ4v) is 8.31. The molecule has 334 valence electrons. The molecule has 1 aliphatic rings. The van der Waals surface area contributed by atoms with Crippen LogP contribution in [0.5, 0.6) is 23.0 Å². The summed E-state index contributed by atoms with van der Waals surface area (Å²) in [6.07, 6.45) is 0. The lowest BCUT2D eigenvalue weighted by Crippen LogP contribution is -2.20. The van der Waals surface area contributed by atoms with Crippen molar-refractivity contribution in [2.24, 2.45) is 11.8 Å². The summed E-state index contributed by atoms with van der Waals surface area (Å²) >= 11 is 0. The van der Waals surface area contributed by atoms with Crippen LogP contribution in [0, 0.1) is 116 Å². The third kappa shape index (κ3) is 7.36. The monoisotopic (exact) mass is 890 g/mol. The standard InChI is InChI=1S/C49H42F12O2/c1-17-13-27(14-18(2)45(17)62-47-41(58)37(54)30(38(55)42(47)59)29-24(8)22(6)21(5)23(7)25(29)9)49(11,12)28-15-19(3)46(20(4)16-28)63-48-43(60)39(56)32(40(57)44(48)61)31-35(52)33(50)26(10)34(51)36(31)53/h13-16,21-22H,1-12H3. The van der Waals surface area contributed by atoms with Gasteiger partial charge in [0, 0.05) is 11.0 Å². The van der Waals surface area contributed by atoms with E-state index in [1.807, 2.05) is 20.8 Å². The van der Waals surface area contributed by atoms with Crippen LogP contribution in [-0.4, -0.2) is 0 Å². The second kappa shape index (κ2) is 16.5. The minimum atomic E-state index is -2.38. The summed E-state index contributed by atoms with van der Waals surface area (Å²) in [6, 6.07) is 6.33. The summed E-state index contributed by atoms with van der Waals surface area (Å²) < 4.78 is 194. The summed E-state index contributed by atoms with van der Waals surface area (Å²) in [6.45, 7) is 19.2. The maximum Gasteiger partial charge on any atom is 0.205 e. The van der Waals surface area contributed by atoms with Crippen molar-refractivity contribution in [3.63, 3.8) is 0 Å². The molecule has 6 rings (SSSR count). The smallest absolute Gasteiger partial charge is 0.205 e. The Bertz CT molecular complexity index is 2720. The molecule has 14 heteroatoms. The van der Waals surface area contributed by atoms with Gasteiger partial charge >= 0.3 is 0 Å². The lowest BCUT2D eigenvalue weighted by atomic mass is 9.72. The zero-order valence-corrected chi connectivity index (χ0v) is 36.3. The molecule has 0 saturated carbocycles. The highest BCUT2D eigenvalue weighted by Gasteiger charge is 2.37. The van der Waals surface area contributed by atoms with Crippen molar-refractivity contribution in [2.45, 2.75) is 88.5 Å². The molecule has 2 unspecified atom stereocenters. The van der Waals surface area contributed by atoms with Gasteiger partial charge < -0.3 is 9.47 Å². The molecule has 5 aromatic rings. The summed E-state index contributed by atoms with van der Waals surface area (Å²) in [5.74, 6) is -27.8. The van der Waals surface area contributed by atoms with Gasteiger partial charge in [-0.1, -0.05) is 63.1 Å². The van der Waals surface area contributed by atoms with E-state index in [2.05, 4.69) is 0 Å². The van der Waals surface area contributed by atoms with Crippen molar-refractivity contribution >= 4 is 5.57 Å². The fraction of sp³-hybridized carbons (Fsp3) is 0.306. The van der Waals surface area contributed by atoms with Gasteiger partial charge in [0.05, 0.1) is 16.7 Å². The number of benzene rings is 5. The van der Waals surface area contributed by atoms with E-state index in [1.165, 1.54) is 26.0 Å². The van der Waals surface area contributed by atoms with Crippen LogP contribution in [0.25, 0.3) is 16.7 Å². The van der Waals surface area contributed by atoms with Crippen LogP contribution in [0.2, 0.25) is 0 Å². The van der Waals surface area contributed by atoms with Gasteiger partial charge in [0.1, 0.15) is 11.5 Å². The first-order valence-corrected chi connectivity index (χ1v) is 19.7. The summed E-state index contributed by atoms with van der Waals surface area (Å²) in [5.41, 5.74) is -2.67. The van der Waals surface area contributed by atoms with Crippen LogP contribution in [0.1, 0.15) is 93.0 Å². The molecule has 63 heavy (non-hydrogen) atoms. The summed E-state index contributed by atoms with van der Waals surface area (Å²) in [7, 11) is 0. The lowest BCUT2D eigenvalue weighted by molar-refractivity contribution is 0.361. The van der Waals surface area contributed by atoms with Crippen molar-refractivity contribution in [1.29, 1.82) is 0 Å². The predicted octanol–water partition coefficient (Wildman–Crippen LogP) is 15.9. The number of aryl methyl sites for hydroxylation is 4. The van der Waals surface area contributed by atoms with E-state index in [-0.39, 0.29) is 40.0 Å². The molecule has 0 saturated heterocycles. The molecule has 2 nitrogen and oxygen atoms in total. The van der Waals surface area contributed by atoms with E-state index in [0.717, 1.165) is 5.57 Å². The largest absolute Gasteiger partial charge is 0.450 e. The SMILES string of the molecule is CC1=C(C)C(C)C(C)C(C)=C1c1c(F)c(F)c(Oc2c(C)cc(C(C)(C)c3cc(C)c(Oc4c(F)c(F)c(-c5c(F)c(F)c(C)c(F)c5F)c(F)c4F)c(C)c3)cc2C)c(F)c1F. The average Bonchev–Trinajstić information content (AvgIpc) is 3.23. The van der Waals surface area contributed by atoms with Crippen LogP contribution >= 0.6 is 0 Å². The lowest BCUT2D eigenvalue weighted by Gasteiger charge is -2.32. The van der Waals surface area contributed by atoms with Gasteiger partial charge in [0.2, 0.25) is 34.8 Å². The molecule has 2 atom stereocenters. The van der Waals surface area contributed by atoms with Crippen molar-refractivity contribution in [1.82, 2.24) is 0 Å². The highest BCUT2D eigenvalue weighted by molar-refractivity contribution is 5.84. The molecule has 1 aliphatic carbocycles. The first-order valence-electron chi connectivity index (χ1n) is 19.7. The van der Waals surface area contributed by atoms with Crippen molar-refractivity contribution in [2.75, 3.05) is 0 Å². The normalized spacial score (nSPS) is 15.8. The molecular formula is C49H42F12O2. The Labute approximate surface area is 356 Å². The second-order valence-corrected chi connectivity index (χ2v) is 16.8. The highest BCUT2D eigenvalue weighted by atomic mass is 19.2. The van der Waals surface area contributed by atoms with Crippen LogP contribution in [0.4, 0.5) is 52.7 Å². The highest BCUT2D eigenvalue weighted by Crippen LogP contribution is 2.48. The van der Waals surface area contributed by atoms with Crippen molar-refractivity contribution in [3.8, 4) is 34.1 Å². The van der Waals surface area contributed by atoms with E-state index in [4.69, 9.17) is 9.47 Å². The molecule has 0 amide bonds. The molecule has 0 bridgehead atoms. The zero-order chi connectivity index (χ0) is 47.2. The van der Waals surface area contributed by atoms with E-state index in [0.29, 0.717) is 40.3 Å². The van der Waals surface area contributed by atoms with Crippen LogP contribution < -0.4 is 9.47 Å². The molecule has 0 spiro atoms. The Morgan fingerprint density at radius 1 is 0.381 bits per heavy atom. The molecular weight excluding hydrogens is 849 g/mol. The van der Waals surface area contributed by atoms with Gasteiger partial charge in [0.25, 0.3) is 0 Å². The first-order chi connectivity index (χ1) is 29.2. The number of allylic oxidation sites excluding steroid dienone is 4. The van der Waals surface area contributed by atoms with Gasteiger partial charge in [-0.25, -0.2) is 35.1 Å². The van der Waals surface area contributed by atoms with E-state index in [9.17, 15) is 17.6 Å². The molecule has 0 fully saturated rings. The van der Waals surface area contributed by atoms with Crippen molar-refractivity contribution in [3.05, 3.63) is 155 Å². The molecule has 0 aliphatic heterocycles. The summed E-state index contributed by atoms with van der Waals surface area (Å²) in [5, 5.41) is 0. The fourth-order valence-electron chi connectivity index (χ4n) is 8.31. The maximum absolute atomic E-state index is 15.9. The second-order valence-electron chi connectivity index (χ2n) is 16.8. The third-order valence-corrected chi connectivity index (χ3v) is 12.7. The van der Waals surface area contributed by atoms with Gasteiger partial charge in [-0.15, -0.1) is 0 Å². The quantitative estimate of drug-likeness (QED) is 0.114. The Morgan fingerprint density at radius 2 is 0.667 bits per heavy atom. The number of hydrogen-bond donors (Lipinski definition) is 0. The number of ether oxygens (including phenoxy) is 2. The average molecular weight is 891 g/mol. The minimum absolute atomic E-state index is 0.0451. The van der Waals surface area contributed by atoms with Gasteiger partial charge in [-0.05, 0) is 112 Å². The topological polar surface area (TPSA) is 18.5 Å². The number of halogens is 12. The van der Waals surface area contributed by atoms with Gasteiger partial charge in [-0.2, -0.15) is 17.6 Å². The Kier molecular flexibility index (Phi) is 12.2. The Morgan fingerprint density at radius 3 is 1.00 bits per heavy atom. The summed E-state index contributed by atoms with van der Waals surface area (Å²) in [4.78, 5) is 0. The van der Waals surface area contributed by atoms with Crippen LogP contribution in [-0.2, 0) is 5.41 Å². The number of hydrogen-bond acceptors (Lipinski definition) is 2. The molecule has 0 aromatic heterocycles. The minimum Gasteiger partial charge on any atom is -0.450 e. The number of rotatable bonds is 8. The van der Waals surface area contributed by atoms with E-state index in [1.54, 1.807) is 53.7 Å². The van der Waals surface area contributed by atoms with Crippen LogP contribution in [0.15, 0.2) is 41.0 Å². The van der Waals surface area contributed by atoms with Crippen LogP contribution in [0.3, 0.4) is 0 Å². The van der Waals surface area contributed by atoms with E-state index < -0.39 is 109 Å². The molecule has 0 N–H and O–H groups in total. The molecule has 0 heterocycles. The Hall–Kier alpha value is -5.66. The Balaban J connectivity index is 1.34. The zero-order valence-electron chi connectivity index (χ0n) is 36.3. The van der Waals surface area contributed by atoms with Gasteiger partial charge in [0.15, 0.2) is 46.5 Å². The van der Waals surface area contributed by atoms with E-state index >= 15 is 35.1 Å². The predicted molar refractivity (Wildman–Crippen MR) is 216 cm³/mol.